The van der Waals surface area contributed by atoms with Gasteiger partial charge in [-0.05, 0) is 50.3 Å². The van der Waals surface area contributed by atoms with Crippen LogP contribution in [0.25, 0.3) is 0 Å². The van der Waals surface area contributed by atoms with Crippen LogP contribution in [0.3, 0.4) is 0 Å². The monoisotopic (exact) mass is 335 g/mol. The van der Waals surface area contributed by atoms with Crippen LogP contribution < -0.4 is 4.74 Å². The first-order chi connectivity index (χ1) is 12.3. The fraction of sp³-hybridized carbons (Fsp3) is 0.455. The smallest absolute Gasteiger partial charge is 0.165 e. The van der Waals surface area contributed by atoms with E-state index >= 15 is 0 Å². The van der Waals surface area contributed by atoms with E-state index in [0.29, 0.717) is 11.8 Å². The van der Waals surface area contributed by atoms with Crippen LogP contribution in [0.5, 0.6) is 11.5 Å². The second-order valence-corrected chi connectivity index (χ2v) is 7.87. The molecule has 2 aliphatic heterocycles. The van der Waals surface area contributed by atoms with Gasteiger partial charge in [-0.1, -0.05) is 42.5 Å². The molecule has 25 heavy (non-hydrogen) atoms. The minimum absolute atomic E-state index is 0.125. The van der Waals surface area contributed by atoms with Crippen LogP contribution in [-0.4, -0.2) is 35.2 Å². The van der Waals surface area contributed by atoms with Gasteiger partial charge in [0.15, 0.2) is 11.5 Å². The maximum absolute atomic E-state index is 10.2. The molecule has 5 rings (SSSR count). The van der Waals surface area contributed by atoms with Gasteiger partial charge in [-0.3, -0.25) is 4.90 Å². The van der Waals surface area contributed by atoms with E-state index in [1.165, 1.54) is 24.0 Å². The molecule has 2 aromatic rings. The number of nitrogens with zero attached hydrogens (tertiary/aromatic N) is 1. The molecule has 130 valence electrons. The number of phenols is 1. The third-order valence-corrected chi connectivity index (χ3v) is 6.66. The average molecular weight is 335 g/mol. The quantitative estimate of drug-likeness (QED) is 0.923. The molecule has 1 spiro atoms. The molecule has 2 aromatic carbocycles. The molecule has 1 N–H and O–H groups in total. The van der Waals surface area contributed by atoms with Gasteiger partial charge < -0.3 is 9.84 Å². The predicted molar refractivity (Wildman–Crippen MR) is 98.2 cm³/mol. The third-order valence-electron chi connectivity index (χ3n) is 6.66. The Kier molecular flexibility index (Phi) is 3.53. The Morgan fingerprint density at radius 2 is 1.96 bits per heavy atom. The van der Waals surface area contributed by atoms with Crippen molar-refractivity contribution in [2.24, 2.45) is 0 Å². The average Bonchev–Trinajstić information content (AvgIpc) is 2.96. The van der Waals surface area contributed by atoms with Crippen LogP contribution >= 0.6 is 0 Å². The van der Waals surface area contributed by atoms with Gasteiger partial charge in [0.2, 0.25) is 0 Å². The Labute approximate surface area is 149 Å². The molecule has 0 amide bonds. The highest BCUT2D eigenvalue weighted by Crippen LogP contribution is 2.57. The highest BCUT2D eigenvalue weighted by atomic mass is 16.5. The summed E-state index contributed by atoms with van der Waals surface area (Å²) in [5.74, 6) is 1.07. The van der Waals surface area contributed by atoms with Gasteiger partial charge in [-0.15, -0.1) is 0 Å². The van der Waals surface area contributed by atoms with Crippen LogP contribution in [0.4, 0.5) is 0 Å². The number of ether oxygens (including phenoxy) is 1. The van der Waals surface area contributed by atoms with Crippen LogP contribution in [0.2, 0.25) is 0 Å². The fourth-order valence-corrected chi connectivity index (χ4v) is 5.36. The topological polar surface area (TPSA) is 32.7 Å². The molecular weight excluding hydrogens is 310 g/mol. The van der Waals surface area contributed by atoms with E-state index in [9.17, 15) is 5.11 Å². The number of hydrogen-bond acceptors (Lipinski definition) is 3. The Hall–Kier alpha value is -2.00. The first kappa shape index (κ1) is 15.3. The van der Waals surface area contributed by atoms with Crippen molar-refractivity contribution < 1.29 is 9.84 Å². The molecule has 0 radical (unpaired) electrons. The fourth-order valence-electron chi connectivity index (χ4n) is 5.36. The molecule has 2 bridgehead atoms. The van der Waals surface area contributed by atoms with E-state index in [1.54, 1.807) is 6.07 Å². The van der Waals surface area contributed by atoms with Crippen LogP contribution in [0.1, 0.15) is 36.8 Å². The van der Waals surface area contributed by atoms with Crippen molar-refractivity contribution in [2.75, 3.05) is 13.1 Å². The van der Waals surface area contributed by atoms with Crippen molar-refractivity contribution in [1.82, 2.24) is 4.90 Å². The van der Waals surface area contributed by atoms with E-state index in [-0.39, 0.29) is 11.5 Å². The molecule has 3 nitrogen and oxygen atoms in total. The number of benzene rings is 2. The number of phenolic OH excluding ortho intramolecular Hbond substituents is 1. The molecule has 1 aliphatic carbocycles. The van der Waals surface area contributed by atoms with Gasteiger partial charge in [-0.25, -0.2) is 0 Å². The normalized spacial score (nSPS) is 30.4. The highest BCUT2D eigenvalue weighted by molar-refractivity contribution is 5.54. The number of likely N-dealkylation sites (tertiary alicyclic amines) is 1. The van der Waals surface area contributed by atoms with Gasteiger partial charge in [-0.2, -0.15) is 0 Å². The Balaban J connectivity index is 1.36. The van der Waals surface area contributed by atoms with E-state index in [0.717, 1.165) is 38.1 Å². The second kappa shape index (κ2) is 5.77. The number of piperidine rings is 1. The number of hydrogen-bond donors (Lipinski definition) is 1. The van der Waals surface area contributed by atoms with Crippen molar-refractivity contribution in [2.45, 2.75) is 49.7 Å². The van der Waals surface area contributed by atoms with Gasteiger partial charge in [0, 0.05) is 23.6 Å². The third kappa shape index (κ3) is 2.36. The van der Waals surface area contributed by atoms with Crippen molar-refractivity contribution in [3.63, 3.8) is 0 Å². The van der Waals surface area contributed by atoms with Crippen molar-refractivity contribution in [1.29, 1.82) is 0 Å². The Bertz CT molecular complexity index is 775. The summed E-state index contributed by atoms with van der Waals surface area (Å²) >= 11 is 0. The molecule has 2 heterocycles. The van der Waals surface area contributed by atoms with E-state index in [1.807, 2.05) is 6.07 Å². The van der Waals surface area contributed by atoms with Crippen molar-refractivity contribution in [3.8, 4) is 11.5 Å². The van der Waals surface area contributed by atoms with Gasteiger partial charge in [0.1, 0.15) is 6.10 Å². The largest absolute Gasteiger partial charge is 0.504 e. The van der Waals surface area contributed by atoms with E-state index in [2.05, 4.69) is 41.3 Å². The maximum Gasteiger partial charge on any atom is 0.165 e. The zero-order chi connectivity index (χ0) is 16.9. The molecule has 0 aromatic heterocycles. The SMILES string of the molecule is Oc1cccc2c1O[C@@H]1CC[C@@H]3C[C@@]21CCN3CCc1ccccc1. The molecule has 1 saturated carbocycles. The molecule has 3 heteroatoms. The molecule has 2 fully saturated rings. The van der Waals surface area contributed by atoms with E-state index in [4.69, 9.17) is 4.74 Å². The summed E-state index contributed by atoms with van der Waals surface area (Å²) in [5.41, 5.74) is 2.81. The Morgan fingerprint density at radius 3 is 2.84 bits per heavy atom. The second-order valence-electron chi connectivity index (χ2n) is 7.87. The number of fused-ring (bicyclic) bond motifs is 2. The number of aromatic hydroxyl groups is 1. The summed E-state index contributed by atoms with van der Waals surface area (Å²) in [6, 6.07) is 17.3. The molecule has 3 atom stereocenters. The first-order valence-electron chi connectivity index (χ1n) is 9.53. The summed E-state index contributed by atoms with van der Waals surface area (Å²) in [5, 5.41) is 10.2. The first-order valence-corrected chi connectivity index (χ1v) is 9.53. The van der Waals surface area contributed by atoms with Crippen LogP contribution in [-0.2, 0) is 11.8 Å². The van der Waals surface area contributed by atoms with E-state index < -0.39 is 0 Å². The minimum atomic E-state index is 0.125. The summed E-state index contributed by atoms with van der Waals surface area (Å²) in [4.78, 5) is 2.69. The lowest BCUT2D eigenvalue weighted by Crippen LogP contribution is -2.57. The lowest BCUT2D eigenvalue weighted by atomic mass is 9.62. The minimum Gasteiger partial charge on any atom is -0.504 e. The van der Waals surface area contributed by atoms with Gasteiger partial charge in [0.05, 0.1) is 0 Å². The van der Waals surface area contributed by atoms with Crippen molar-refractivity contribution >= 4 is 0 Å². The zero-order valence-corrected chi connectivity index (χ0v) is 14.5. The van der Waals surface area contributed by atoms with Crippen LogP contribution in [0.15, 0.2) is 48.5 Å². The standard InChI is InChI=1S/C22H25NO2/c24-19-8-4-7-18-21(19)25-20-10-9-17-15-22(18,20)12-14-23(17)13-11-16-5-2-1-3-6-16/h1-8,17,20,24H,9-15H2/t17-,20-,22+/m1/s1. The summed E-state index contributed by atoms with van der Waals surface area (Å²) in [6.07, 6.45) is 5.99. The molecule has 1 saturated heterocycles. The van der Waals surface area contributed by atoms with Crippen molar-refractivity contribution in [3.05, 3.63) is 59.7 Å². The van der Waals surface area contributed by atoms with Crippen LogP contribution in [0, 0.1) is 0 Å². The summed E-state index contributed by atoms with van der Waals surface area (Å²) in [6.45, 7) is 2.27. The molecular formula is C22H25NO2. The summed E-state index contributed by atoms with van der Waals surface area (Å²) < 4.78 is 6.21. The molecule has 3 aliphatic rings. The number of para-hydroxylation sites is 1. The van der Waals surface area contributed by atoms with Gasteiger partial charge >= 0.3 is 0 Å². The molecule has 0 unspecified atom stereocenters. The lowest BCUT2D eigenvalue weighted by molar-refractivity contribution is -0.00615. The zero-order valence-electron chi connectivity index (χ0n) is 14.5. The predicted octanol–water partition coefficient (Wildman–Crippen LogP) is 3.89. The Morgan fingerprint density at radius 1 is 1.08 bits per heavy atom. The summed E-state index contributed by atoms with van der Waals surface area (Å²) in [7, 11) is 0. The van der Waals surface area contributed by atoms with Gasteiger partial charge in [0.25, 0.3) is 0 Å². The lowest BCUT2D eigenvalue weighted by Gasteiger charge is -2.51. The number of rotatable bonds is 3. The highest BCUT2D eigenvalue weighted by Gasteiger charge is 2.55. The maximum atomic E-state index is 10.2.